The van der Waals surface area contributed by atoms with Crippen LogP contribution in [0.5, 0.6) is 0 Å². The summed E-state index contributed by atoms with van der Waals surface area (Å²) in [5.74, 6) is 1.03. The van der Waals surface area contributed by atoms with Crippen LogP contribution < -0.4 is 5.32 Å². The Morgan fingerprint density at radius 1 is 1.13 bits per heavy atom. The zero-order chi connectivity index (χ0) is 22.8. The molecule has 0 radical (unpaired) electrons. The Labute approximate surface area is 177 Å². The van der Waals surface area contributed by atoms with Gasteiger partial charge < -0.3 is 5.32 Å². The molecule has 150 valence electrons. The highest BCUT2D eigenvalue weighted by Crippen LogP contribution is 2.27. The normalized spacial score (nSPS) is 12.9. The number of nitrogens with one attached hydrogen (secondary N) is 1. The van der Waals surface area contributed by atoms with E-state index in [0.29, 0.717) is 29.4 Å². The highest BCUT2D eigenvalue weighted by Gasteiger charge is 2.14. The van der Waals surface area contributed by atoms with Crippen molar-refractivity contribution in [3.05, 3.63) is 72.2 Å². The number of para-hydroxylation sites is 1. The smallest absolute Gasteiger partial charge is 0.160 e. The van der Waals surface area contributed by atoms with E-state index in [2.05, 4.69) is 37.2 Å². The second-order valence-corrected chi connectivity index (χ2v) is 7.10. The largest absolute Gasteiger partial charge is 0.369 e. The van der Waals surface area contributed by atoms with Crippen LogP contribution in [0.4, 0.5) is 5.82 Å². The second-order valence-electron chi connectivity index (χ2n) is 7.10. The lowest BCUT2D eigenvalue weighted by molar-refractivity contribution is 0.101. The molecule has 0 spiro atoms. The molecule has 3 aromatic heterocycles. The standard InChI is InChI=1S/C23H22N6O/c1-14(18-5-4-6-20-19(15(2)30)7-8-24-23(18)20)10-27-22-9-21(28-13-29-22)17-11-25-16(3)26-12-17/h4-9,11-14H,10H2,1-3H3,(H,27,28,29)/t14-/m1/s1/i11D,12D. The number of fused-ring (bicyclic) bond motifs is 1. The molecule has 30 heavy (non-hydrogen) atoms. The van der Waals surface area contributed by atoms with E-state index in [1.165, 1.54) is 6.33 Å². The molecule has 1 atom stereocenters. The fraction of sp³-hybridized carbons (Fsp3) is 0.217. The quantitative estimate of drug-likeness (QED) is 0.485. The Bertz CT molecular complexity index is 1300. The number of Topliss-reactive ketones (excluding diaryl/α,β-unsaturated/α-hetero) is 1. The van der Waals surface area contributed by atoms with Crippen molar-refractivity contribution >= 4 is 22.5 Å². The summed E-state index contributed by atoms with van der Waals surface area (Å²) >= 11 is 0. The molecule has 0 fully saturated rings. The van der Waals surface area contributed by atoms with Gasteiger partial charge in [0, 0.05) is 53.6 Å². The van der Waals surface area contributed by atoms with Crippen molar-refractivity contribution in [2.24, 2.45) is 0 Å². The molecule has 0 unspecified atom stereocenters. The Kier molecular flexibility index (Phi) is 4.76. The lowest BCUT2D eigenvalue weighted by Gasteiger charge is -2.16. The minimum absolute atomic E-state index is 0.0106. The number of hydrogen-bond donors (Lipinski definition) is 1. The van der Waals surface area contributed by atoms with Gasteiger partial charge in [-0.15, -0.1) is 0 Å². The summed E-state index contributed by atoms with van der Waals surface area (Å²) in [6, 6.07) is 9.30. The van der Waals surface area contributed by atoms with E-state index >= 15 is 0 Å². The van der Waals surface area contributed by atoms with E-state index < -0.39 is 0 Å². The summed E-state index contributed by atoms with van der Waals surface area (Å²) in [6.45, 7) is 5.84. The Hall–Kier alpha value is -3.74. The molecule has 0 amide bonds. The first kappa shape index (κ1) is 17.1. The zero-order valence-corrected chi connectivity index (χ0v) is 17.0. The van der Waals surface area contributed by atoms with E-state index in [1.54, 1.807) is 32.2 Å². The average Bonchev–Trinajstić information content (AvgIpc) is 2.76. The molecule has 0 saturated carbocycles. The number of aromatic nitrogens is 5. The molecule has 0 aliphatic heterocycles. The van der Waals surface area contributed by atoms with E-state index in [9.17, 15) is 4.79 Å². The fourth-order valence-corrected chi connectivity index (χ4v) is 3.30. The molecular weight excluding hydrogens is 376 g/mol. The maximum atomic E-state index is 12.0. The van der Waals surface area contributed by atoms with Gasteiger partial charge in [-0.1, -0.05) is 25.1 Å². The van der Waals surface area contributed by atoms with Crippen LogP contribution in [-0.2, 0) is 0 Å². The van der Waals surface area contributed by atoms with Gasteiger partial charge in [-0.2, -0.15) is 0 Å². The fourth-order valence-electron chi connectivity index (χ4n) is 3.30. The molecule has 3 heterocycles. The molecule has 1 aromatic carbocycles. The first-order valence-corrected chi connectivity index (χ1v) is 9.62. The molecule has 0 saturated heterocycles. The highest BCUT2D eigenvalue weighted by molar-refractivity contribution is 6.06. The van der Waals surface area contributed by atoms with Gasteiger partial charge in [0.1, 0.15) is 18.0 Å². The number of anilines is 1. The summed E-state index contributed by atoms with van der Waals surface area (Å²) in [5, 5.41) is 4.14. The maximum Gasteiger partial charge on any atom is 0.160 e. The van der Waals surface area contributed by atoms with Crippen LogP contribution in [0.2, 0.25) is 0 Å². The van der Waals surface area contributed by atoms with Crippen LogP contribution in [0.25, 0.3) is 22.2 Å². The zero-order valence-electron chi connectivity index (χ0n) is 19.0. The van der Waals surface area contributed by atoms with Crippen LogP contribution in [0, 0.1) is 6.92 Å². The molecule has 4 rings (SSSR count). The monoisotopic (exact) mass is 400 g/mol. The lowest BCUT2D eigenvalue weighted by Crippen LogP contribution is -2.12. The molecule has 0 aliphatic carbocycles. The van der Waals surface area contributed by atoms with Crippen molar-refractivity contribution in [3.63, 3.8) is 0 Å². The van der Waals surface area contributed by atoms with Gasteiger partial charge in [0.05, 0.1) is 14.0 Å². The van der Waals surface area contributed by atoms with Crippen molar-refractivity contribution in [1.29, 1.82) is 0 Å². The summed E-state index contributed by atoms with van der Waals surface area (Å²) in [7, 11) is 0. The van der Waals surface area contributed by atoms with E-state index in [0.717, 1.165) is 16.5 Å². The van der Waals surface area contributed by atoms with Gasteiger partial charge in [-0.3, -0.25) is 9.78 Å². The van der Waals surface area contributed by atoms with Crippen LogP contribution in [-0.4, -0.2) is 37.2 Å². The first-order valence-electron chi connectivity index (χ1n) is 10.6. The summed E-state index contributed by atoms with van der Waals surface area (Å²) in [5.41, 5.74) is 3.19. The lowest BCUT2D eigenvalue weighted by atomic mass is 9.95. The molecule has 4 aromatic rings. The molecule has 0 bridgehead atoms. The predicted octanol–water partition coefficient (Wildman–Crippen LogP) is 4.21. The van der Waals surface area contributed by atoms with Gasteiger partial charge in [0.15, 0.2) is 5.78 Å². The van der Waals surface area contributed by atoms with E-state index in [-0.39, 0.29) is 29.6 Å². The van der Waals surface area contributed by atoms with Crippen molar-refractivity contribution in [2.75, 3.05) is 11.9 Å². The van der Waals surface area contributed by atoms with Crippen molar-refractivity contribution in [3.8, 4) is 11.3 Å². The summed E-state index contributed by atoms with van der Waals surface area (Å²) in [4.78, 5) is 33.0. The number of nitrogens with zero attached hydrogens (tertiary/aromatic N) is 5. The van der Waals surface area contributed by atoms with Crippen LogP contribution in [0.1, 0.15) is 44.3 Å². The van der Waals surface area contributed by atoms with Gasteiger partial charge in [-0.25, -0.2) is 19.9 Å². The number of rotatable bonds is 6. The summed E-state index contributed by atoms with van der Waals surface area (Å²) in [6.07, 6.45) is 2.98. The SMILES string of the molecule is [2H]c1nc(C)nc([2H])c1-c1cc(NC[C@@H](C)c2cccc3c(C(C)=O)ccnc23)ncn1. The molecular formula is C23H22N6O. The Morgan fingerprint density at radius 3 is 2.70 bits per heavy atom. The Morgan fingerprint density at radius 2 is 1.93 bits per heavy atom. The maximum absolute atomic E-state index is 12.0. The van der Waals surface area contributed by atoms with Crippen molar-refractivity contribution < 1.29 is 7.54 Å². The summed E-state index contributed by atoms with van der Waals surface area (Å²) < 4.78 is 16.2. The number of hydrogen-bond acceptors (Lipinski definition) is 7. The predicted molar refractivity (Wildman–Crippen MR) is 116 cm³/mol. The minimum Gasteiger partial charge on any atom is -0.369 e. The van der Waals surface area contributed by atoms with Crippen LogP contribution in [0.3, 0.4) is 0 Å². The highest BCUT2D eigenvalue weighted by atomic mass is 16.1. The topological polar surface area (TPSA) is 93.6 Å². The first-order chi connectivity index (χ1) is 15.3. The number of aryl methyl sites for hydroxylation is 1. The average molecular weight is 400 g/mol. The van der Waals surface area contributed by atoms with Crippen LogP contribution >= 0.6 is 0 Å². The third-order valence-corrected chi connectivity index (χ3v) is 4.88. The molecule has 1 N–H and O–H groups in total. The molecule has 7 nitrogen and oxygen atoms in total. The van der Waals surface area contributed by atoms with Crippen molar-refractivity contribution in [2.45, 2.75) is 26.7 Å². The van der Waals surface area contributed by atoms with Crippen LogP contribution in [0.15, 0.2) is 55.2 Å². The number of carbonyl (C=O) groups excluding carboxylic acids is 1. The second kappa shape index (κ2) is 8.32. The third-order valence-electron chi connectivity index (χ3n) is 4.88. The molecule has 7 heteroatoms. The number of carbonyl (C=O) groups is 1. The van der Waals surface area contributed by atoms with Gasteiger partial charge in [0.25, 0.3) is 0 Å². The Balaban J connectivity index is 1.59. The number of ketones is 1. The molecule has 0 aliphatic rings. The number of pyridine rings is 1. The van der Waals surface area contributed by atoms with Gasteiger partial charge >= 0.3 is 0 Å². The van der Waals surface area contributed by atoms with Gasteiger partial charge in [0.2, 0.25) is 0 Å². The van der Waals surface area contributed by atoms with Gasteiger partial charge in [-0.05, 0) is 25.5 Å². The van der Waals surface area contributed by atoms with Crippen molar-refractivity contribution in [1.82, 2.24) is 24.9 Å². The van der Waals surface area contributed by atoms with E-state index in [4.69, 9.17) is 2.74 Å². The number of benzene rings is 1. The van der Waals surface area contributed by atoms with E-state index in [1.807, 2.05) is 18.2 Å². The third kappa shape index (κ3) is 4.00. The minimum atomic E-state index is -0.0383.